The Bertz CT molecular complexity index is 1080. The van der Waals surface area contributed by atoms with Crippen LogP contribution in [0.2, 0.25) is 5.02 Å². The highest BCUT2D eigenvalue weighted by atomic mass is 79.9. The van der Waals surface area contributed by atoms with Gasteiger partial charge in [-0.3, -0.25) is 9.69 Å². The van der Waals surface area contributed by atoms with E-state index < -0.39 is 0 Å². The van der Waals surface area contributed by atoms with E-state index in [0.29, 0.717) is 25.7 Å². The third-order valence-electron chi connectivity index (χ3n) is 3.92. The van der Waals surface area contributed by atoms with Gasteiger partial charge in [-0.25, -0.2) is 0 Å². The Morgan fingerprint density at radius 1 is 1.07 bits per heavy atom. The summed E-state index contributed by atoms with van der Waals surface area (Å²) in [6, 6.07) is 18.7. The van der Waals surface area contributed by atoms with E-state index in [-0.39, 0.29) is 5.91 Å². The summed E-state index contributed by atoms with van der Waals surface area (Å²) in [5.41, 5.74) is 1.54. The van der Waals surface area contributed by atoms with Crippen LogP contribution in [0.25, 0.3) is 17.4 Å². The maximum absolute atomic E-state index is 12.8. The van der Waals surface area contributed by atoms with Crippen molar-refractivity contribution in [2.24, 2.45) is 0 Å². The highest BCUT2D eigenvalue weighted by Gasteiger charge is 2.34. The van der Waals surface area contributed by atoms with Gasteiger partial charge in [0.15, 0.2) is 4.32 Å². The Labute approximate surface area is 179 Å². The predicted octanol–water partition coefficient (Wildman–Crippen LogP) is 6.77. The van der Waals surface area contributed by atoms with Crippen molar-refractivity contribution in [3.05, 3.63) is 80.8 Å². The summed E-state index contributed by atoms with van der Waals surface area (Å²) in [4.78, 5) is 14.8. The number of thiocarbonyl (C=S) groups is 1. The third-order valence-corrected chi connectivity index (χ3v) is 6.07. The van der Waals surface area contributed by atoms with Gasteiger partial charge in [0, 0.05) is 16.1 Å². The molecule has 0 radical (unpaired) electrons. The Hall–Kier alpha value is -1.86. The summed E-state index contributed by atoms with van der Waals surface area (Å²) in [5.74, 6) is 1.11. The van der Waals surface area contributed by atoms with Crippen LogP contribution in [0.5, 0.6) is 0 Å². The molecule has 1 amide bonds. The van der Waals surface area contributed by atoms with Gasteiger partial charge in [0.05, 0.1) is 15.6 Å². The van der Waals surface area contributed by atoms with Gasteiger partial charge >= 0.3 is 0 Å². The number of halogens is 2. The first-order valence-electron chi connectivity index (χ1n) is 7.91. The number of thioether (sulfide) groups is 1. The Morgan fingerprint density at radius 3 is 2.56 bits per heavy atom. The Kier molecular flexibility index (Phi) is 5.23. The number of carbonyl (C=O) groups excluding carboxylic acids is 1. The van der Waals surface area contributed by atoms with Crippen LogP contribution in [0.3, 0.4) is 0 Å². The topological polar surface area (TPSA) is 33.5 Å². The number of nitrogens with zero attached hydrogens (tertiary/aromatic N) is 1. The molecule has 2 heterocycles. The van der Waals surface area contributed by atoms with E-state index in [1.54, 1.807) is 18.2 Å². The molecule has 0 bridgehead atoms. The van der Waals surface area contributed by atoms with Gasteiger partial charge in [0.2, 0.25) is 0 Å². The van der Waals surface area contributed by atoms with Crippen LogP contribution in [-0.4, -0.2) is 10.2 Å². The molecular weight excluding hydrogens is 466 g/mol. The SMILES string of the molecule is O=C1/C(=C/c2ccc(-c3ccc(Br)cc3)o2)SC(=S)N1c1ccccc1Cl. The summed E-state index contributed by atoms with van der Waals surface area (Å²) in [7, 11) is 0. The quantitative estimate of drug-likeness (QED) is 0.308. The van der Waals surface area contributed by atoms with Crippen LogP contribution < -0.4 is 4.90 Å². The number of amides is 1. The second-order valence-electron chi connectivity index (χ2n) is 5.68. The molecular formula is C20H11BrClNO2S2. The van der Waals surface area contributed by atoms with Crippen LogP contribution in [0, 0.1) is 0 Å². The molecule has 2 aromatic carbocycles. The maximum atomic E-state index is 12.8. The van der Waals surface area contributed by atoms with Crippen LogP contribution in [0.1, 0.15) is 5.76 Å². The number of carbonyl (C=O) groups is 1. The summed E-state index contributed by atoms with van der Waals surface area (Å²) in [6.45, 7) is 0. The first kappa shape index (κ1) is 18.5. The molecule has 7 heteroatoms. The van der Waals surface area contributed by atoms with Gasteiger partial charge in [0.25, 0.3) is 5.91 Å². The summed E-state index contributed by atoms with van der Waals surface area (Å²) in [5, 5.41) is 0.477. The highest BCUT2D eigenvalue weighted by molar-refractivity contribution is 9.10. The molecule has 1 aliphatic rings. The van der Waals surface area contributed by atoms with Crippen molar-refractivity contribution in [2.45, 2.75) is 0 Å². The molecule has 1 aliphatic heterocycles. The van der Waals surface area contributed by atoms with Gasteiger partial charge in [0.1, 0.15) is 11.5 Å². The van der Waals surface area contributed by atoms with Gasteiger partial charge in [-0.15, -0.1) is 0 Å². The highest BCUT2D eigenvalue weighted by Crippen LogP contribution is 2.39. The second kappa shape index (κ2) is 7.64. The zero-order valence-electron chi connectivity index (χ0n) is 13.7. The van der Waals surface area contributed by atoms with E-state index in [9.17, 15) is 4.79 Å². The number of rotatable bonds is 3. The van der Waals surface area contributed by atoms with E-state index in [1.165, 1.54) is 16.7 Å². The van der Waals surface area contributed by atoms with Crippen molar-refractivity contribution in [1.82, 2.24) is 0 Å². The summed E-state index contributed by atoms with van der Waals surface area (Å²) >= 11 is 16.2. The molecule has 0 N–H and O–H groups in total. The lowest BCUT2D eigenvalue weighted by molar-refractivity contribution is -0.113. The number of para-hydroxylation sites is 1. The summed E-state index contributed by atoms with van der Waals surface area (Å²) in [6.07, 6.45) is 1.71. The molecule has 1 saturated heterocycles. The van der Waals surface area contributed by atoms with Gasteiger partial charge in [-0.1, -0.05) is 75.8 Å². The van der Waals surface area contributed by atoms with E-state index >= 15 is 0 Å². The van der Waals surface area contributed by atoms with E-state index in [2.05, 4.69) is 15.9 Å². The number of hydrogen-bond acceptors (Lipinski definition) is 4. The monoisotopic (exact) mass is 475 g/mol. The molecule has 1 aromatic heterocycles. The van der Waals surface area contributed by atoms with Crippen LogP contribution in [0.4, 0.5) is 5.69 Å². The maximum Gasteiger partial charge on any atom is 0.270 e. The molecule has 0 spiro atoms. The molecule has 3 nitrogen and oxygen atoms in total. The van der Waals surface area contributed by atoms with Crippen LogP contribution in [0.15, 0.2) is 74.5 Å². The Balaban J connectivity index is 1.62. The summed E-state index contributed by atoms with van der Waals surface area (Å²) < 4.78 is 7.32. The lowest BCUT2D eigenvalue weighted by atomic mass is 10.2. The standard InChI is InChI=1S/C20H11BrClNO2S2/c21-13-7-5-12(6-8-13)17-10-9-14(25-17)11-18-19(24)23(20(26)27-18)16-4-2-1-3-15(16)22/h1-11H/b18-11-. The minimum atomic E-state index is -0.209. The molecule has 1 fully saturated rings. The fourth-order valence-corrected chi connectivity index (χ4v) is 4.39. The molecule has 3 aromatic rings. The van der Waals surface area contributed by atoms with Crippen molar-refractivity contribution in [3.63, 3.8) is 0 Å². The fourth-order valence-electron chi connectivity index (χ4n) is 2.64. The van der Waals surface area contributed by atoms with Crippen molar-refractivity contribution in [2.75, 3.05) is 4.90 Å². The lowest BCUT2D eigenvalue weighted by Gasteiger charge is -2.15. The number of hydrogen-bond donors (Lipinski definition) is 0. The van der Waals surface area contributed by atoms with Crippen molar-refractivity contribution in [3.8, 4) is 11.3 Å². The van der Waals surface area contributed by atoms with Gasteiger partial charge in [-0.05, 0) is 36.4 Å². The molecule has 134 valence electrons. The van der Waals surface area contributed by atoms with E-state index in [0.717, 1.165) is 15.8 Å². The number of benzene rings is 2. The molecule has 0 atom stereocenters. The first-order valence-corrected chi connectivity index (χ1v) is 10.3. The fraction of sp³-hybridized carbons (Fsp3) is 0. The largest absolute Gasteiger partial charge is 0.457 e. The van der Waals surface area contributed by atoms with Gasteiger partial charge in [-0.2, -0.15) is 0 Å². The minimum absolute atomic E-state index is 0.209. The molecule has 0 saturated carbocycles. The molecule has 27 heavy (non-hydrogen) atoms. The normalized spacial score (nSPS) is 15.8. The molecule has 0 aliphatic carbocycles. The first-order chi connectivity index (χ1) is 13.0. The zero-order chi connectivity index (χ0) is 19.0. The third kappa shape index (κ3) is 3.75. The minimum Gasteiger partial charge on any atom is -0.457 e. The average Bonchev–Trinajstić information content (AvgIpc) is 3.22. The smallest absolute Gasteiger partial charge is 0.270 e. The van der Waals surface area contributed by atoms with Gasteiger partial charge < -0.3 is 4.42 Å². The zero-order valence-corrected chi connectivity index (χ0v) is 17.7. The molecule has 0 unspecified atom stereocenters. The average molecular weight is 477 g/mol. The van der Waals surface area contributed by atoms with Crippen molar-refractivity contribution < 1.29 is 9.21 Å². The Morgan fingerprint density at radius 2 is 1.81 bits per heavy atom. The van der Waals surface area contributed by atoms with Crippen LogP contribution >= 0.6 is 51.5 Å². The van der Waals surface area contributed by atoms with E-state index in [4.69, 9.17) is 28.2 Å². The number of anilines is 1. The van der Waals surface area contributed by atoms with Crippen molar-refractivity contribution in [1.29, 1.82) is 0 Å². The molecule has 4 rings (SSSR count). The van der Waals surface area contributed by atoms with Crippen molar-refractivity contribution >= 4 is 73.5 Å². The second-order valence-corrected chi connectivity index (χ2v) is 8.68. The van der Waals surface area contributed by atoms with Crippen LogP contribution in [-0.2, 0) is 4.79 Å². The predicted molar refractivity (Wildman–Crippen MR) is 119 cm³/mol. The number of furan rings is 1. The van der Waals surface area contributed by atoms with E-state index in [1.807, 2.05) is 48.5 Å². The lowest BCUT2D eigenvalue weighted by Crippen LogP contribution is -2.27.